The van der Waals surface area contributed by atoms with E-state index in [1.54, 1.807) is 21.1 Å². The molecule has 0 spiro atoms. The molecule has 0 aromatic heterocycles. The fourth-order valence-electron chi connectivity index (χ4n) is 3.93. The molecule has 2 atom stereocenters. The van der Waals surface area contributed by atoms with Crippen LogP contribution in [0, 0.1) is 5.92 Å². The van der Waals surface area contributed by atoms with Gasteiger partial charge in [0.1, 0.15) is 11.5 Å². The summed E-state index contributed by atoms with van der Waals surface area (Å²) in [5.74, 6) is 1.97. The molecule has 1 aromatic rings. The van der Waals surface area contributed by atoms with Crippen molar-refractivity contribution < 1.29 is 19.1 Å². The average Bonchev–Trinajstić information content (AvgIpc) is 2.93. The number of fused-ring (bicyclic) bond motifs is 4. The molecular formula is C19H26N2O4. The average molecular weight is 346 g/mol. The van der Waals surface area contributed by atoms with Gasteiger partial charge in [-0.25, -0.2) is 0 Å². The van der Waals surface area contributed by atoms with Crippen molar-refractivity contribution in [2.75, 3.05) is 33.9 Å². The molecule has 3 saturated heterocycles. The van der Waals surface area contributed by atoms with Crippen LogP contribution in [-0.2, 0) is 16.0 Å². The zero-order chi connectivity index (χ0) is 18.0. The third-order valence-electron chi connectivity index (χ3n) is 5.31. The largest absolute Gasteiger partial charge is 0.497 e. The molecule has 1 aromatic carbocycles. The van der Waals surface area contributed by atoms with Crippen molar-refractivity contribution in [2.45, 2.75) is 32.2 Å². The third-order valence-corrected chi connectivity index (χ3v) is 5.31. The van der Waals surface area contributed by atoms with Crippen LogP contribution in [-0.4, -0.2) is 61.5 Å². The molecule has 6 nitrogen and oxygen atoms in total. The van der Waals surface area contributed by atoms with Crippen LogP contribution in [0.25, 0.3) is 0 Å². The third kappa shape index (κ3) is 3.72. The van der Waals surface area contributed by atoms with E-state index >= 15 is 0 Å². The number of ether oxygens (including phenoxy) is 2. The van der Waals surface area contributed by atoms with Crippen molar-refractivity contribution in [3.63, 3.8) is 0 Å². The van der Waals surface area contributed by atoms with E-state index < -0.39 is 0 Å². The minimum absolute atomic E-state index is 0.0895. The number of methoxy groups -OCH3 is 2. The minimum Gasteiger partial charge on any atom is -0.497 e. The lowest BCUT2D eigenvalue weighted by atomic mass is 9.94. The van der Waals surface area contributed by atoms with E-state index in [4.69, 9.17) is 9.47 Å². The molecule has 25 heavy (non-hydrogen) atoms. The predicted molar refractivity (Wildman–Crippen MR) is 93.7 cm³/mol. The van der Waals surface area contributed by atoms with Crippen LogP contribution in [0.2, 0.25) is 0 Å². The second kappa shape index (κ2) is 7.33. The Morgan fingerprint density at radius 2 is 1.92 bits per heavy atom. The standard InChI is InChI=1S/C19H26N2O4/c1-13(22)20-10-14-4-5-16(12-20)21(11-14)19(23)9-15-8-17(24-2)6-7-18(15)25-3/h6-8,14,16H,4-5,9-12H2,1-3H3/t14-,16+/m1/s1. The van der Waals surface area contributed by atoms with Gasteiger partial charge in [0.05, 0.1) is 20.6 Å². The summed E-state index contributed by atoms with van der Waals surface area (Å²) >= 11 is 0. The number of hydrogen-bond acceptors (Lipinski definition) is 4. The summed E-state index contributed by atoms with van der Waals surface area (Å²) < 4.78 is 10.7. The topological polar surface area (TPSA) is 59.1 Å². The van der Waals surface area contributed by atoms with Gasteiger partial charge in [-0.2, -0.15) is 0 Å². The highest BCUT2D eigenvalue weighted by Gasteiger charge is 2.37. The first-order valence-electron chi connectivity index (χ1n) is 8.77. The first kappa shape index (κ1) is 17.6. The molecular weight excluding hydrogens is 320 g/mol. The van der Waals surface area contributed by atoms with Crippen LogP contribution in [0.1, 0.15) is 25.3 Å². The number of benzene rings is 1. The summed E-state index contributed by atoms with van der Waals surface area (Å²) in [6, 6.07) is 5.62. The van der Waals surface area contributed by atoms with Gasteiger partial charge in [0, 0.05) is 38.2 Å². The van der Waals surface area contributed by atoms with Crippen LogP contribution < -0.4 is 9.47 Å². The van der Waals surface area contributed by atoms with Crippen molar-refractivity contribution >= 4 is 11.8 Å². The van der Waals surface area contributed by atoms with E-state index in [9.17, 15) is 9.59 Å². The summed E-state index contributed by atoms with van der Waals surface area (Å²) in [6.45, 7) is 3.75. The molecule has 0 saturated carbocycles. The number of nitrogens with zero attached hydrogens (tertiary/aromatic N) is 2. The molecule has 0 radical (unpaired) electrons. The molecule has 4 rings (SSSR count). The Morgan fingerprint density at radius 1 is 1.12 bits per heavy atom. The smallest absolute Gasteiger partial charge is 0.227 e. The first-order valence-corrected chi connectivity index (χ1v) is 8.77. The van der Waals surface area contributed by atoms with Gasteiger partial charge in [0.25, 0.3) is 0 Å². The van der Waals surface area contributed by atoms with E-state index in [0.717, 1.165) is 31.5 Å². The first-order chi connectivity index (χ1) is 12.0. The Labute approximate surface area is 148 Å². The highest BCUT2D eigenvalue weighted by atomic mass is 16.5. The number of carbonyl (C=O) groups excluding carboxylic acids is 2. The van der Waals surface area contributed by atoms with Crippen LogP contribution in [0.3, 0.4) is 0 Å². The molecule has 0 unspecified atom stereocenters. The summed E-state index contributed by atoms with van der Waals surface area (Å²) in [5, 5.41) is 0. The maximum Gasteiger partial charge on any atom is 0.227 e. The van der Waals surface area contributed by atoms with Crippen LogP contribution in [0.15, 0.2) is 18.2 Å². The number of carbonyl (C=O) groups is 2. The molecule has 136 valence electrons. The highest BCUT2D eigenvalue weighted by Crippen LogP contribution is 2.30. The van der Waals surface area contributed by atoms with Crippen molar-refractivity contribution in [1.82, 2.24) is 9.80 Å². The molecule has 2 bridgehead atoms. The molecule has 3 aliphatic rings. The molecule has 3 fully saturated rings. The van der Waals surface area contributed by atoms with Crippen LogP contribution in [0.5, 0.6) is 11.5 Å². The van der Waals surface area contributed by atoms with Gasteiger partial charge in [-0.15, -0.1) is 0 Å². The van der Waals surface area contributed by atoms with E-state index in [-0.39, 0.29) is 24.3 Å². The van der Waals surface area contributed by atoms with E-state index in [0.29, 0.717) is 24.0 Å². The van der Waals surface area contributed by atoms with E-state index in [2.05, 4.69) is 0 Å². The molecule has 2 amide bonds. The normalized spacial score (nSPS) is 22.5. The Balaban J connectivity index is 1.77. The molecule has 6 heteroatoms. The van der Waals surface area contributed by atoms with Crippen molar-refractivity contribution in [3.8, 4) is 11.5 Å². The Hall–Kier alpha value is -2.24. The fourth-order valence-corrected chi connectivity index (χ4v) is 3.93. The van der Waals surface area contributed by atoms with Crippen LogP contribution >= 0.6 is 0 Å². The zero-order valence-corrected chi connectivity index (χ0v) is 15.2. The quantitative estimate of drug-likeness (QED) is 0.833. The number of amides is 2. The predicted octanol–water partition coefficient (Wildman–Crippen LogP) is 1.72. The van der Waals surface area contributed by atoms with Gasteiger partial charge >= 0.3 is 0 Å². The molecule has 3 heterocycles. The van der Waals surface area contributed by atoms with E-state index in [1.807, 2.05) is 28.0 Å². The SMILES string of the molecule is COc1ccc(OC)c(CC(=O)N2C[C@@H]3CC[C@H]2CN(C(C)=O)C3)c1. The maximum atomic E-state index is 13.0. The van der Waals surface area contributed by atoms with Gasteiger partial charge in [-0.1, -0.05) is 0 Å². The molecule has 0 N–H and O–H groups in total. The van der Waals surface area contributed by atoms with E-state index in [1.165, 1.54) is 0 Å². The highest BCUT2D eigenvalue weighted by molar-refractivity contribution is 5.80. The number of piperidine rings is 1. The lowest BCUT2D eigenvalue weighted by molar-refractivity contribution is -0.135. The zero-order valence-electron chi connectivity index (χ0n) is 15.2. The van der Waals surface area contributed by atoms with Crippen LogP contribution in [0.4, 0.5) is 0 Å². The second-order valence-electron chi connectivity index (χ2n) is 6.92. The summed E-state index contributed by atoms with van der Waals surface area (Å²) in [5.41, 5.74) is 0.829. The van der Waals surface area contributed by atoms with Gasteiger partial charge in [-0.3, -0.25) is 9.59 Å². The lowest BCUT2D eigenvalue weighted by Gasteiger charge is -2.36. The fraction of sp³-hybridized carbons (Fsp3) is 0.579. The van der Waals surface area contributed by atoms with Crippen molar-refractivity contribution in [3.05, 3.63) is 23.8 Å². The van der Waals surface area contributed by atoms with Gasteiger partial charge in [0.2, 0.25) is 11.8 Å². The Morgan fingerprint density at radius 3 is 2.60 bits per heavy atom. The lowest BCUT2D eigenvalue weighted by Crippen LogP contribution is -2.48. The summed E-state index contributed by atoms with van der Waals surface area (Å²) in [6.07, 6.45) is 2.33. The Bertz CT molecular complexity index is 661. The molecule has 0 aliphatic carbocycles. The van der Waals surface area contributed by atoms with Gasteiger partial charge < -0.3 is 19.3 Å². The second-order valence-corrected chi connectivity index (χ2v) is 6.92. The summed E-state index contributed by atoms with van der Waals surface area (Å²) in [4.78, 5) is 28.6. The van der Waals surface area contributed by atoms with Crippen molar-refractivity contribution in [1.29, 1.82) is 0 Å². The van der Waals surface area contributed by atoms with Gasteiger partial charge in [-0.05, 0) is 37.0 Å². The van der Waals surface area contributed by atoms with Gasteiger partial charge in [0.15, 0.2) is 0 Å². The number of hydrogen-bond donors (Lipinski definition) is 0. The Kier molecular flexibility index (Phi) is 5.16. The maximum absolute atomic E-state index is 13.0. The summed E-state index contributed by atoms with van der Waals surface area (Å²) in [7, 11) is 3.21. The van der Waals surface area contributed by atoms with Crippen molar-refractivity contribution in [2.24, 2.45) is 5.92 Å². The monoisotopic (exact) mass is 346 g/mol. The molecule has 3 aliphatic heterocycles. The minimum atomic E-state index is 0.0895. The number of rotatable bonds is 4.